The number of rotatable bonds is 5. The van der Waals surface area contributed by atoms with Gasteiger partial charge in [-0.2, -0.15) is 4.52 Å². The van der Waals surface area contributed by atoms with Gasteiger partial charge in [0.2, 0.25) is 10.3 Å². The predicted molar refractivity (Wildman–Crippen MR) is 123 cm³/mol. The maximum atomic E-state index is 6.19. The first-order chi connectivity index (χ1) is 15.5. The molecule has 0 spiro atoms. The molecule has 0 unspecified atom stereocenters. The standard InChI is InChI=1S/C17H14N12OS2/c1-30-7-2-3-8-9(6-7)32-17(22-8)27-25-11-13(19)28-29-14(20)10(12(18)23-15(11)29)24-26-16-21-4-5-31-16/h2-6H,20H2,1H3,(H2,18,23)(H2,19,28). The van der Waals surface area contributed by atoms with Crippen molar-refractivity contribution in [1.82, 2.24) is 24.6 Å². The monoisotopic (exact) mass is 466 g/mol. The summed E-state index contributed by atoms with van der Waals surface area (Å²) < 4.78 is 7.43. The number of ether oxygens (including phenoxy) is 1. The van der Waals surface area contributed by atoms with Gasteiger partial charge in [0.15, 0.2) is 34.5 Å². The normalized spacial score (nSPS) is 12.0. The molecule has 0 fully saturated rings. The van der Waals surface area contributed by atoms with Crippen LogP contribution >= 0.6 is 22.7 Å². The van der Waals surface area contributed by atoms with Crippen LogP contribution in [0.1, 0.15) is 0 Å². The molecule has 4 heterocycles. The smallest absolute Gasteiger partial charge is 0.231 e. The molecule has 0 saturated heterocycles. The van der Waals surface area contributed by atoms with Gasteiger partial charge in [-0.15, -0.1) is 36.9 Å². The highest BCUT2D eigenvalue weighted by molar-refractivity contribution is 7.21. The average Bonchev–Trinajstić information content (AvgIpc) is 3.50. The third-order valence-corrected chi connectivity index (χ3v) is 5.84. The summed E-state index contributed by atoms with van der Waals surface area (Å²) in [5.41, 5.74) is 19.6. The highest BCUT2D eigenvalue weighted by Gasteiger charge is 2.19. The molecule has 13 nitrogen and oxygen atoms in total. The minimum atomic E-state index is 0.0405. The fourth-order valence-corrected chi connectivity index (χ4v) is 4.06. The molecule has 0 amide bonds. The fraction of sp³-hybridized carbons (Fsp3) is 0.0588. The molecule has 32 heavy (non-hydrogen) atoms. The summed E-state index contributed by atoms with van der Waals surface area (Å²) in [4.78, 5) is 12.7. The molecule has 1 aromatic carbocycles. The summed E-state index contributed by atoms with van der Waals surface area (Å²) >= 11 is 2.67. The second-order valence-electron chi connectivity index (χ2n) is 6.24. The molecule has 0 bridgehead atoms. The number of nitrogens with zero attached hydrogens (tertiary/aromatic N) is 9. The average molecular weight is 467 g/mol. The van der Waals surface area contributed by atoms with Crippen molar-refractivity contribution in [2.75, 3.05) is 24.3 Å². The largest absolute Gasteiger partial charge is 0.497 e. The number of azo groups is 2. The molecule has 0 radical (unpaired) electrons. The lowest BCUT2D eigenvalue weighted by molar-refractivity contribution is 0.415. The maximum absolute atomic E-state index is 6.19. The first-order valence-electron chi connectivity index (χ1n) is 8.94. The lowest BCUT2D eigenvalue weighted by atomic mass is 10.3. The zero-order chi connectivity index (χ0) is 22.2. The Labute approximate surface area is 187 Å². The Balaban J connectivity index is 1.52. The molecule has 15 heteroatoms. The topological polar surface area (TPSA) is 193 Å². The summed E-state index contributed by atoms with van der Waals surface area (Å²) in [6, 6.07) is 5.55. The predicted octanol–water partition coefficient (Wildman–Crippen LogP) is 4.38. The third-order valence-electron chi connectivity index (χ3n) is 4.28. The molecule has 6 N–H and O–H groups in total. The Morgan fingerprint density at radius 3 is 2.56 bits per heavy atom. The first kappa shape index (κ1) is 19.7. The molecule has 0 aliphatic heterocycles. The number of benzene rings is 1. The molecule has 5 aromatic rings. The summed E-state index contributed by atoms with van der Waals surface area (Å²) in [5.74, 6) is 0.949. The Bertz CT molecular complexity index is 1500. The number of nitrogens with two attached hydrogens (primary N) is 3. The highest BCUT2D eigenvalue weighted by atomic mass is 32.1. The van der Waals surface area contributed by atoms with Gasteiger partial charge in [-0.05, 0) is 18.2 Å². The van der Waals surface area contributed by atoms with Crippen molar-refractivity contribution in [3.05, 3.63) is 29.8 Å². The molecular formula is C17H14N12OS2. The second-order valence-corrected chi connectivity index (χ2v) is 8.13. The summed E-state index contributed by atoms with van der Waals surface area (Å²) in [5, 5.41) is 23.3. The van der Waals surface area contributed by atoms with E-state index in [4.69, 9.17) is 21.9 Å². The van der Waals surface area contributed by atoms with Gasteiger partial charge < -0.3 is 21.9 Å². The van der Waals surface area contributed by atoms with Gasteiger partial charge in [0.25, 0.3) is 0 Å². The molecule has 0 atom stereocenters. The van der Waals surface area contributed by atoms with E-state index in [-0.39, 0.29) is 34.5 Å². The number of anilines is 3. The van der Waals surface area contributed by atoms with Gasteiger partial charge in [-0.3, -0.25) is 0 Å². The molecule has 0 aliphatic rings. The van der Waals surface area contributed by atoms with Crippen LogP contribution in [0.2, 0.25) is 0 Å². The minimum Gasteiger partial charge on any atom is -0.497 e. The number of methoxy groups -OCH3 is 1. The Morgan fingerprint density at radius 2 is 1.78 bits per heavy atom. The van der Waals surface area contributed by atoms with Crippen molar-refractivity contribution in [3.63, 3.8) is 0 Å². The number of fused-ring (bicyclic) bond motifs is 2. The molecular weight excluding hydrogens is 452 g/mol. The van der Waals surface area contributed by atoms with E-state index < -0.39 is 0 Å². The third kappa shape index (κ3) is 3.44. The van der Waals surface area contributed by atoms with Crippen LogP contribution in [0.5, 0.6) is 5.75 Å². The van der Waals surface area contributed by atoms with E-state index in [0.29, 0.717) is 10.3 Å². The zero-order valence-electron chi connectivity index (χ0n) is 16.4. The maximum Gasteiger partial charge on any atom is 0.231 e. The van der Waals surface area contributed by atoms with Crippen molar-refractivity contribution in [2.45, 2.75) is 0 Å². The van der Waals surface area contributed by atoms with E-state index in [9.17, 15) is 0 Å². The number of hydrogen-bond acceptors (Lipinski definition) is 14. The number of hydrogen-bond donors (Lipinski definition) is 3. The fourth-order valence-electron chi connectivity index (χ4n) is 2.80. The van der Waals surface area contributed by atoms with Crippen molar-refractivity contribution < 1.29 is 4.74 Å². The number of aromatic nitrogens is 5. The van der Waals surface area contributed by atoms with Gasteiger partial charge in [0.1, 0.15) is 5.75 Å². The zero-order valence-corrected chi connectivity index (χ0v) is 18.0. The molecule has 5 rings (SSSR count). The Hall–Kier alpha value is -4.24. The minimum absolute atomic E-state index is 0.0405. The van der Waals surface area contributed by atoms with E-state index in [1.807, 2.05) is 18.2 Å². The van der Waals surface area contributed by atoms with Crippen LogP contribution in [0.4, 0.5) is 39.1 Å². The van der Waals surface area contributed by atoms with Crippen LogP contribution in [-0.2, 0) is 0 Å². The SMILES string of the molecule is COc1ccc2nc(N=Nc3c(N)nn4c(N)c(N=Nc5nccs5)c(N)nc34)sc2c1. The highest BCUT2D eigenvalue weighted by Crippen LogP contribution is 2.37. The van der Waals surface area contributed by atoms with Crippen LogP contribution in [-0.4, -0.2) is 31.7 Å². The summed E-state index contributed by atoms with van der Waals surface area (Å²) in [6.07, 6.45) is 1.61. The molecule has 160 valence electrons. The van der Waals surface area contributed by atoms with Crippen molar-refractivity contribution in [3.8, 4) is 5.75 Å². The van der Waals surface area contributed by atoms with Crippen molar-refractivity contribution in [1.29, 1.82) is 0 Å². The van der Waals surface area contributed by atoms with Crippen molar-refractivity contribution >= 4 is 77.6 Å². The summed E-state index contributed by atoms with van der Waals surface area (Å²) in [6.45, 7) is 0. The van der Waals surface area contributed by atoms with Crippen LogP contribution in [0.25, 0.3) is 15.9 Å². The molecule has 0 saturated carbocycles. The van der Waals surface area contributed by atoms with Gasteiger partial charge in [-0.25, -0.2) is 15.0 Å². The van der Waals surface area contributed by atoms with Gasteiger partial charge >= 0.3 is 0 Å². The van der Waals surface area contributed by atoms with Gasteiger partial charge in [0, 0.05) is 11.6 Å². The van der Waals surface area contributed by atoms with Crippen LogP contribution < -0.4 is 21.9 Å². The van der Waals surface area contributed by atoms with E-state index in [0.717, 1.165) is 16.0 Å². The Morgan fingerprint density at radius 1 is 0.969 bits per heavy atom. The van der Waals surface area contributed by atoms with E-state index in [2.05, 4.69) is 40.5 Å². The van der Waals surface area contributed by atoms with E-state index in [1.54, 1.807) is 18.7 Å². The lowest BCUT2D eigenvalue weighted by Gasteiger charge is -2.04. The van der Waals surface area contributed by atoms with E-state index in [1.165, 1.54) is 27.2 Å². The van der Waals surface area contributed by atoms with Crippen molar-refractivity contribution in [2.24, 2.45) is 20.5 Å². The van der Waals surface area contributed by atoms with Crippen LogP contribution in [0.3, 0.4) is 0 Å². The summed E-state index contributed by atoms with van der Waals surface area (Å²) in [7, 11) is 1.60. The number of nitrogen functional groups attached to an aromatic ring is 3. The lowest BCUT2D eigenvalue weighted by Crippen LogP contribution is -2.04. The second kappa shape index (κ2) is 7.78. The van der Waals surface area contributed by atoms with Crippen LogP contribution in [0.15, 0.2) is 50.2 Å². The van der Waals surface area contributed by atoms with E-state index >= 15 is 0 Å². The molecule has 4 aromatic heterocycles. The first-order valence-corrected chi connectivity index (χ1v) is 10.6. The number of thiazole rings is 2. The Kier molecular flexibility index (Phi) is 4.79. The van der Waals surface area contributed by atoms with Crippen LogP contribution in [0, 0.1) is 0 Å². The van der Waals surface area contributed by atoms with Gasteiger partial charge in [0.05, 0.1) is 17.3 Å². The van der Waals surface area contributed by atoms with Gasteiger partial charge in [-0.1, -0.05) is 11.3 Å². The molecule has 0 aliphatic carbocycles. The quantitative estimate of drug-likeness (QED) is 0.317.